The molecule has 8 rings (SSSR count). The van der Waals surface area contributed by atoms with Crippen LogP contribution in [0, 0.1) is 23.3 Å². The number of ether oxygens (including phenoxy) is 3. The third-order valence-electron chi connectivity index (χ3n) is 12.2. The number of alkyl halides is 2. The summed E-state index contributed by atoms with van der Waals surface area (Å²) in [6.07, 6.45) is 5.90. The van der Waals surface area contributed by atoms with E-state index in [1.54, 1.807) is 65.2 Å². The Balaban J connectivity index is 0.000000551. The van der Waals surface area contributed by atoms with Crippen molar-refractivity contribution in [1.29, 1.82) is 0 Å². The van der Waals surface area contributed by atoms with E-state index in [0.717, 1.165) is 0 Å². The molecule has 0 radical (unpaired) electrons. The molecule has 4 N–H and O–H groups in total. The van der Waals surface area contributed by atoms with Crippen LogP contribution in [0.5, 0.6) is 0 Å². The summed E-state index contributed by atoms with van der Waals surface area (Å²) in [4.78, 5) is 105. The number of carboxylic acid groups (broad SMARTS) is 1. The summed E-state index contributed by atoms with van der Waals surface area (Å²) >= 11 is 4.30. The van der Waals surface area contributed by atoms with Gasteiger partial charge in [-0.2, -0.15) is 0 Å². The SMILES string of the molecule is CCOC(=O)C1=CCC(=O)NC1c1ccc(F)cc1.CCOC(=O)C1=CN(C)C(=O)N(C)C1c1ccc(F)cc1.CCOC(=O)C1=CN(C)C(=O)NC1c1ccc(F)cc1.CI.CI.CN1C=C(C(=O)O)C(c2ccc(F)cc2)N(C)C1=O.[Na+].[OH-]. The van der Waals surface area contributed by atoms with Gasteiger partial charge in [-0.3, -0.25) is 4.79 Å². The van der Waals surface area contributed by atoms with Gasteiger partial charge in [0.15, 0.2) is 0 Å². The molecule has 4 aromatic rings. The van der Waals surface area contributed by atoms with Gasteiger partial charge in [-0.1, -0.05) is 99.8 Å². The Morgan fingerprint density at radius 1 is 0.494 bits per heavy atom. The number of carbonyl (C=O) groups is 8. The molecule has 7 amide bonds. The fourth-order valence-corrected chi connectivity index (χ4v) is 8.35. The van der Waals surface area contributed by atoms with Gasteiger partial charge in [0, 0.05) is 60.3 Å². The normalized spacial score (nSPS) is 17.5. The third kappa shape index (κ3) is 21.3. The molecule has 4 atom stereocenters. The second-order valence-corrected chi connectivity index (χ2v) is 17.6. The number of aliphatic carboxylic acids is 1. The number of esters is 3. The predicted molar refractivity (Wildman–Crippen MR) is 319 cm³/mol. The molecule has 20 nitrogen and oxygen atoms in total. The van der Waals surface area contributed by atoms with Gasteiger partial charge in [0.25, 0.3) is 0 Å². The van der Waals surface area contributed by atoms with E-state index in [4.69, 9.17) is 14.2 Å². The molecule has 4 unspecified atom stereocenters. The molecule has 4 aliphatic heterocycles. The molecular formula is C58H66F4I2N7NaO13. The molecular weight excluding hydrogens is 1360 g/mol. The first-order valence-electron chi connectivity index (χ1n) is 25.2. The van der Waals surface area contributed by atoms with E-state index < -0.39 is 53.9 Å². The first-order valence-corrected chi connectivity index (χ1v) is 29.5. The van der Waals surface area contributed by atoms with Crippen LogP contribution in [0.2, 0.25) is 0 Å². The predicted octanol–water partition coefficient (Wildman–Crippen LogP) is 6.92. The van der Waals surface area contributed by atoms with Gasteiger partial charge >= 0.3 is 71.5 Å². The van der Waals surface area contributed by atoms with Crippen LogP contribution in [0.15, 0.2) is 144 Å². The number of carboxylic acids is 1. The van der Waals surface area contributed by atoms with Crippen molar-refractivity contribution in [2.75, 3.05) is 64.9 Å². The molecule has 454 valence electrons. The second kappa shape index (κ2) is 37.5. The van der Waals surface area contributed by atoms with Crippen LogP contribution in [0.1, 0.15) is 73.6 Å². The summed E-state index contributed by atoms with van der Waals surface area (Å²) < 4.78 is 66.9. The Morgan fingerprint density at radius 2 is 0.800 bits per heavy atom. The van der Waals surface area contributed by atoms with Crippen molar-refractivity contribution in [2.45, 2.75) is 51.4 Å². The van der Waals surface area contributed by atoms with E-state index in [2.05, 4.69) is 55.8 Å². The second-order valence-electron chi connectivity index (χ2n) is 17.6. The number of amides is 7. The number of nitrogens with one attached hydrogen (secondary N) is 2. The zero-order chi connectivity index (χ0) is 62.2. The van der Waals surface area contributed by atoms with Gasteiger partial charge in [-0.15, -0.1) is 0 Å². The average molecular weight is 1420 g/mol. The van der Waals surface area contributed by atoms with Crippen LogP contribution in [0.3, 0.4) is 0 Å². The molecule has 4 heterocycles. The van der Waals surface area contributed by atoms with Gasteiger partial charge in [0.1, 0.15) is 23.3 Å². The molecule has 0 saturated heterocycles. The summed E-state index contributed by atoms with van der Waals surface area (Å²) in [6, 6.07) is 19.0. The van der Waals surface area contributed by atoms with Gasteiger partial charge < -0.3 is 59.9 Å². The van der Waals surface area contributed by atoms with Crippen molar-refractivity contribution in [1.82, 2.24) is 35.1 Å². The van der Waals surface area contributed by atoms with Crippen molar-refractivity contribution in [3.63, 3.8) is 0 Å². The van der Waals surface area contributed by atoms with E-state index in [-0.39, 0.29) is 108 Å². The Labute approximate surface area is 540 Å². The van der Waals surface area contributed by atoms with E-state index >= 15 is 0 Å². The molecule has 0 bridgehead atoms. The molecule has 0 saturated carbocycles. The minimum absolute atomic E-state index is 0. The molecule has 0 fully saturated rings. The van der Waals surface area contributed by atoms with Crippen LogP contribution in [-0.2, 0) is 38.2 Å². The van der Waals surface area contributed by atoms with Crippen LogP contribution < -0.4 is 40.2 Å². The summed E-state index contributed by atoms with van der Waals surface area (Å²) in [6.45, 7) is 5.88. The molecule has 4 aliphatic rings. The molecule has 0 aromatic heterocycles. The fourth-order valence-electron chi connectivity index (χ4n) is 8.35. The standard InChI is InChI=1S/C15H17FN2O3.C14H15FN2O3.C14H14FNO3.C13H13FN2O3.2CH3I.Na.H2O/c1-4-21-14(19)12-9-17(2)15(20)18(3)13(12)10-5-7-11(16)8-6-10;1-3-20-13(18)11-8-17(2)14(19)16-12(11)9-4-6-10(15)7-5-9;1-2-19-14(18)11-7-8-12(17)16-13(11)9-3-5-10(15)6-4-9;1-15-7-10(12(17)18)11(16(2)13(15)19)8-3-5-9(14)6-4-8;2*1-2;;/h5-9,13H,4H2,1-3H3;4-8,12H,3H2,1-2H3,(H,16,19);3-7,13H,2,8H2,1H3,(H,16,17);3-7,11H,1-2H3,(H,17,18);2*1H3;;1H2/q;;;;;;+1;/p-1. The quantitative estimate of drug-likeness (QED) is 0.0345. The first-order chi connectivity index (χ1) is 39.5. The van der Waals surface area contributed by atoms with E-state index in [9.17, 15) is 61.0 Å². The van der Waals surface area contributed by atoms with Gasteiger partial charge in [-0.25, -0.2) is 51.1 Å². The Bertz CT molecular complexity index is 3050. The zero-order valence-corrected chi connectivity index (χ0v) is 54.9. The summed E-state index contributed by atoms with van der Waals surface area (Å²) in [5.41, 5.74) is 3.57. The van der Waals surface area contributed by atoms with E-state index in [1.165, 1.54) is 137 Å². The zero-order valence-electron chi connectivity index (χ0n) is 48.6. The van der Waals surface area contributed by atoms with Gasteiger partial charge in [-0.05, 0) is 101 Å². The Kier molecular flexibility index (Phi) is 33.6. The minimum atomic E-state index is -1.11. The molecule has 0 aliphatic carbocycles. The summed E-state index contributed by atoms with van der Waals surface area (Å²) in [5, 5.41) is 14.6. The monoisotopic (exact) mass is 1420 g/mol. The topological polar surface area (TPSA) is 255 Å². The van der Waals surface area contributed by atoms with Crippen molar-refractivity contribution in [3.8, 4) is 0 Å². The smallest absolute Gasteiger partial charge is 0.870 e. The van der Waals surface area contributed by atoms with Crippen molar-refractivity contribution in [2.24, 2.45) is 0 Å². The third-order valence-corrected chi connectivity index (χ3v) is 12.2. The number of hydrogen-bond donors (Lipinski definition) is 3. The summed E-state index contributed by atoms with van der Waals surface area (Å²) in [7, 11) is 7.71. The number of urea groups is 3. The first kappa shape index (κ1) is 76.2. The van der Waals surface area contributed by atoms with E-state index in [0.29, 0.717) is 39.0 Å². The van der Waals surface area contributed by atoms with Gasteiger partial charge in [0.2, 0.25) is 5.91 Å². The van der Waals surface area contributed by atoms with E-state index in [1.807, 2.05) is 9.86 Å². The Morgan fingerprint density at radius 3 is 1.16 bits per heavy atom. The van der Waals surface area contributed by atoms with Crippen molar-refractivity contribution < 1.29 is 110 Å². The van der Waals surface area contributed by atoms with Crippen LogP contribution >= 0.6 is 45.2 Å². The minimum Gasteiger partial charge on any atom is -0.870 e. The largest absolute Gasteiger partial charge is 1.00 e. The van der Waals surface area contributed by atoms with Crippen molar-refractivity contribution in [3.05, 3.63) is 190 Å². The maximum absolute atomic E-state index is 13.1. The number of likely N-dealkylation sites (N-methyl/N-ethyl adjacent to an activating group) is 2. The number of carbonyl (C=O) groups excluding carboxylic acids is 7. The molecule has 27 heteroatoms. The van der Waals surface area contributed by atoms with Crippen molar-refractivity contribution >= 4 is 93.1 Å². The number of nitrogens with zero attached hydrogens (tertiary/aromatic N) is 5. The maximum atomic E-state index is 13.1. The average Bonchev–Trinajstić information content (AvgIpc) is 3.49. The maximum Gasteiger partial charge on any atom is 1.00 e. The van der Waals surface area contributed by atoms with Crippen LogP contribution in [-0.4, -0.2) is 148 Å². The van der Waals surface area contributed by atoms with Crippen LogP contribution in [0.4, 0.5) is 31.9 Å². The van der Waals surface area contributed by atoms with Gasteiger partial charge in [0.05, 0.1) is 66.3 Å². The van der Waals surface area contributed by atoms with Crippen LogP contribution in [0.25, 0.3) is 0 Å². The summed E-state index contributed by atoms with van der Waals surface area (Å²) in [5.74, 6) is -4.28. The number of hydrogen-bond acceptors (Lipinski definition) is 12. The number of halogens is 6. The molecule has 0 spiro atoms. The fraction of sp³-hybridized carbons (Fsp3) is 0.310. The molecule has 85 heavy (non-hydrogen) atoms. The number of benzene rings is 4. The number of rotatable bonds is 11. The Hall–Kier alpha value is -6.86. The molecule has 4 aromatic carbocycles.